The topological polar surface area (TPSA) is 49.4 Å². The van der Waals surface area contributed by atoms with Crippen molar-refractivity contribution in [1.29, 1.82) is 0 Å². The van der Waals surface area contributed by atoms with E-state index in [4.69, 9.17) is 11.6 Å². The summed E-state index contributed by atoms with van der Waals surface area (Å²) in [4.78, 5) is 29.1. The van der Waals surface area contributed by atoms with Crippen LogP contribution in [0.25, 0.3) is 6.08 Å². The summed E-state index contributed by atoms with van der Waals surface area (Å²) in [5.74, 6) is 0.903. The van der Waals surface area contributed by atoms with Gasteiger partial charge in [0.1, 0.15) is 0 Å². The van der Waals surface area contributed by atoms with Gasteiger partial charge in [0.05, 0.1) is 10.6 Å². The maximum absolute atomic E-state index is 13.0. The molecule has 0 saturated heterocycles. The van der Waals surface area contributed by atoms with Gasteiger partial charge >= 0.3 is 0 Å². The van der Waals surface area contributed by atoms with Gasteiger partial charge in [-0.25, -0.2) is 0 Å². The van der Waals surface area contributed by atoms with Crippen molar-refractivity contribution in [2.45, 2.75) is 44.0 Å². The quantitative estimate of drug-likeness (QED) is 0.578. The third-order valence-corrected chi connectivity index (χ3v) is 7.95. The Morgan fingerprint density at radius 2 is 1.97 bits per heavy atom. The number of nitrogens with zero attached hydrogens (tertiary/aromatic N) is 1. The van der Waals surface area contributed by atoms with Crippen LogP contribution < -0.4 is 10.2 Å². The smallest absolute Gasteiger partial charge is 0.264 e. The Labute approximate surface area is 193 Å². The molecule has 2 aromatic rings. The van der Waals surface area contributed by atoms with Crippen molar-refractivity contribution in [3.8, 4) is 0 Å². The fourth-order valence-electron chi connectivity index (χ4n) is 4.31. The predicted molar refractivity (Wildman–Crippen MR) is 129 cm³/mol. The van der Waals surface area contributed by atoms with Gasteiger partial charge in [0.25, 0.3) is 11.8 Å². The fourth-order valence-corrected chi connectivity index (χ4v) is 5.58. The van der Waals surface area contributed by atoms with Crippen LogP contribution in [0.1, 0.15) is 49.0 Å². The first kappa shape index (κ1) is 22.0. The van der Waals surface area contributed by atoms with E-state index in [-0.39, 0.29) is 17.9 Å². The van der Waals surface area contributed by atoms with Crippen LogP contribution in [0.2, 0.25) is 5.02 Å². The molecule has 1 heterocycles. The Morgan fingerprint density at radius 1 is 1.19 bits per heavy atom. The maximum Gasteiger partial charge on any atom is 0.264 e. The number of hydrogen-bond acceptors (Lipinski definition) is 3. The molecule has 2 amide bonds. The molecule has 3 atom stereocenters. The van der Waals surface area contributed by atoms with E-state index in [0.29, 0.717) is 27.3 Å². The first-order valence-electron chi connectivity index (χ1n) is 10.7. The van der Waals surface area contributed by atoms with Crippen LogP contribution in [0, 0.1) is 11.8 Å². The Balaban J connectivity index is 1.56. The van der Waals surface area contributed by atoms with Crippen molar-refractivity contribution >= 4 is 46.9 Å². The van der Waals surface area contributed by atoms with Crippen LogP contribution in [0.3, 0.4) is 0 Å². The highest BCUT2D eigenvalue weighted by Gasteiger charge is 2.30. The van der Waals surface area contributed by atoms with Crippen molar-refractivity contribution in [3.63, 3.8) is 0 Å². The highest BCUT2D eigenvalue weighted by Crippen LogP contribution is 2.42. The standard InChI is InChI=1S/C25H27ClN2O2S/c1-15-7-6-10-20(16(15)2)27-24(29)18-11-12-22-21(13-18)28(3)25(30)23(31-22)14-17-8-4-5-9-19(17)26/h4-5,8-9,11-16,20H,6-7,10H2,1-3H3,(H,27,29)/b23-14-. The third-order valence-electron chi connectivity index (χ3n) is 6.53. The number of anilines is 1. The number of nitrogens with one attached hydrogen (secondary N) is 1. The summed E-state index contributed by atoms with van der Waals surface area (Å²) in [6.07, 6.45) is 5.21. The fraction of sp³-hybridized carbons (Fsp3) is 0.360. The lowest BCUT2D eigenvalue weighted by molar-refractivity contribution is -0.114. The van der Waals surface area contributed by atoms with E-state index in [0.717, 1.165) is 29.0 Å². The summed E-state index contributed by atoms with van der Waals surface area (Å²) in [7, 11) is 1.74. The number of fused-ring (bicyclic) bond motifs is 1. The molecule has 2 aromatic carbocycles. The van der Waals surface area contributed by atoms with Crippen LogP contribution >= 0.6 is 23.4 Å². The number of carbonyl (C=O) groups excluding carboxylic acids is 2. The van der Waals surface area contributed by atoms with Crippen LogP contribution in [-0.4, -0.2) is 24.9 Å². The molecule has 0 aromatic heterocycles. The second kappa shape index (κ2) is 9.09. The van der Waals surface area contributed by atoms with Gasteiger partial charge in [-0.15, -0.1) is 0 Å². The molecule has 6 heteroatoms. The molecular formula is C25H27ClN2O2S. The number of carbonyl (C=O) groups is 2. The number of hydrogen-bond donors (Lipinski definition) is 1. The molecular weight excluding hydrogens is 428 g/mol. The Morgan fingerprint density at radius 3 is 2.74 bits per heavy atom. The monoisotopic (exact) mass is 454 g/mol. The van der Waals surface area contributed by atoms with E-state index >= 15 is 0 Å². The van der Waals surface area contributed by atoms with E-state index in [9.17, 15) is 9.59 Å². The summed E-state index contributed by atoms with van der Waals surface area (Å²) in [6, 6.07) is 13.2. The molecule has 0 spiro atoms. The molecule has 3 unspecified atom stereocenters. The van der Waals surface area contributed by atoms with Crippen LogP contribution in [0.5, 0.6) is 0 Å². The van der Waals surface area contributed by atoms with Crippen LogP contribution in [0.4, 0.5) is 5.69 Å². The zero-order chi connectivity index (χ0) is 22.1. The van der Waals surface area contributed by atoms with Gasteiger partial charge in [-0.05, 0) is 54.2 Å². The van der Waals surface area contributed by atoms with Gasteiger partial charge in [0.15, 0.2) is 0 Å². The van der Waals surface area contributed by atoms with E-state index < -0.39 is 0 Å². The average molecular weight is 455 g/mol. The zero-order valence-corrected chi connectivity index (χ0v) is 19.6. The largest absolute Gasteiger partial charge is 0.349 e. The Hall–Kier alpha value is -2.24. The minimum absolute atomic E-state index is 0.0722. The van der Waals surface area contributed by atoms with E-state index in [1.54, 1.807) is 11.9 Å². The predicted octanol–water partition coefficient (Wildman–Crippen LogP) is 6.00. The lowest BCUT2D eigenvalue weighted by Gasteiger charge is -2.34. The summed E-state index contributed by atoms with van der Waals surface area (Å²) < 4.78 is 0. The van der Waals surface area contributed by atoms with Crippen molar-refractivity contribution < 1.29 is 9.59 Å². The molecule has 4 nitrogen and oxygen atoms in total. The summed E-state index contributed by atoms with van der Waals surface area (Å²) in [5, 5.41) is 3.83. The van der Waals surface area contributed by atoms with E-state index in [1.165, 1.54) is 18.2 Å². The van der Waals surface area contributed by atoms with E-state index in [1.807, 2.05) is 48.5 Å². The van der Waals surface area contributed by atoms with Crippen molar-refractivity contribution in [2.75, 3.05) is 11.9 Å². The molecule has 1 N–H and O–H groups in total. The second-order valence-corrected chi connectivity index (χ2v) is 10.0. The highest BCUT2D eigenvalue weighted by molar-refractivity contribution is 8.04. The number of amides is 2. The lowest BCUT2D eigenvalue weighted by atomic mass is 9.78. The molecule has 1 aliphatic carbocycles. The first-order valence-corrected chi connectivity index (χ1v) is 11.9. The average Bonchev–Trinajstić information content (AvgIpc) is 2.76. The van der Waals surface area contributed by atoms with Gasteiger partial charge in [0, 0.05) is 28.6 Å². The van der Waals surface area contributed by atoms with Gasteiger partial charge in [0.2, 0.25) is 0 Å². The van der Waals surface area contributed by atoms with Gasteiger partial charge in [-0.2, -0.15) is 0 Å². The number of thioether (sulfide) groups is 1. The molecule has 0 bridgehead atoms. The van der Waals surface area contributed by atoms with Gasteiger partial charge in [-0.1, -0.05) is 68.3 Å². The van der Waals surface area contributed by atoms with Crippen molar-refractivity contribution in [3.05, 3.63) is 63.5 Å². The normalized spacial score (nSPS) is 24.8. The van der Waals surface area contributed by atoms with Crippen LogP contribution in [0.15, 0.2) is 52.3 Å². The van der Waals surface area contributed by atoms with Crippen molar-refractivity contribution in [2.24, 2.45) is 11.8 Å². The SMILES string of the molecule is CC1CCCC(NC(=O)c2ccc3c(c2)N(C)C(=O)/C(=C/c2ccccc2Cl)S3)C1C. The molecule has 162 valence electrons. The molecule has 31 heavy (non-hydrogen) atoms. The second-order valence-electron chi connectivity index (χ2n) is 8.53. The lowest BCUT2D eigenvalue weighted by Crippen LogP contribution is -2.43. The molecule has 1 aliphatic heterocycles. The van der Waals surface area contributed by atoms with Gasteiger partial charge < -0.3 is 10.2 Å². The number of halogens is 1. The Bertz CT molecular complexity index is 1050. The molecule has 1 fully saturated rings. The summed E-state index contributed by atoms with van der Waals surface area (Å²) in [6.45, 7) is 4.48. The minimum Gasteiger partial charge on any atom is -0.349 e. The minimum atomic E-state index is -0.107. The third kappa shape index (κ3) is 4.53. The number of benzene rings is 2. The molecule has 1 saturated carbocycles. The van der Waals surface area contributed by atoms with Gasteiger partial charge in [-0.3, -0.25) is 9.59 Å². The highest BCUT2D eigenvalue weighted by atomic mass is 35.5. The van der Waals surface area contributed by atoms with E-state index in [2.05, 4.69) is 19.2 Å². The first-order chi connectivity index (χ1) is 14.8. The molecule has 0 radical (unpaired) electrons. The Kier molecular flexibility index (Phi) is 6.44. The summed E-state index contributed by atoms with van der Waals surface area (Å²) in [5.41, 5.74) is 2.15. The molecule has 4 rings (SSSR count). The van der Waals surface area contributed by atoms with Crippen molar-refractivity contribution in [1.82, 2.24) is 5.32 Å². The number of rotatable bonds is 3. The summed E-state index contributed by atoms with van der Waals surface area (Å²) >= 11 is 7.67. The number of likely N-dealkylation sites (N-methyl/N-ethyl adjacent to an activating group) is 1. The maximum atomic E-state index is 13.0. The molecule has 2 aliphatic rings. The zero-order valence-electron chi connectivity index (χ0n) is 18.0. The van der Waals surface area contributed by atoms with Crippen LogP contribution in [-0.2, 0) is 4.79 Å².